The van der Waals surface area contributed by atoms with E-state index in [1.54, 1.807) is 13.8 Å². The Morgan fingerprint density at radius 2 is 2.16 bits per heavy atom. The van der Waals surface area contributed by atoms with E-state index in [-0.39, 0.29) is 53.5 Å². The molecule has 2 fully saturated rings. The van der Waals surface area contributed by atoms with Crippen LogP contribution in [0.5, 0.6) is 0 Å². The van der Waals surface area contributed by atoms with Gasteiger partial charge >= 0.3 is 35.5 Å². The molecule has 2 N–H and O–H groups in total. The molecule has 2 aliphatic rings. The number of nitrogens with zero attached hydrogens (tertiary/aromatic N) is 1. The second kappa shape index (κ2) is 5.93. The summed E-state index contributed by atoms with van der Waals surface area (Å²) in [6.45, 7) is 3.59. The molecule has 3 atom stereocenters. The molecule has 0 aromatic rings. The Kier molecular flexibility index (Phi) is 5.40. The van der Waals surface area contributed by atoms with Crippen molar-refractivity contribution in [3.05, 3.63) is 0 Å². The number of carbonyl (C=O) groups excluding carboxylic acids is 2. The maximum atomic E-state index is 11.9. The van der Waals surface area contributed by atoms with Crippen LogP contribution in [0.2, 0.25) is 0 Å². The minimum Gasteiger partial charge on any atom is -1.00 e. The number of β-lactam (4-membered cyclic amide) rings is 1. The van der Waals surface area contributed by atoms with Crippen molar-refractivity contribution in [2.24, 2.45) is 0 Å². The third kappa shape index (κ3) is 2.83. The number of rotatable bonds is 3. The summed E-state index contributed by atoms with van der Waals surface area (Å²) in [6, 6.07) is -1.44. The van der Waals surface area contributed by atoms with Crippen molar-refractivity contribution in [1.29, 1.82) is 0 Å². The van der Waals surface area contributed by atoms with Crippen molar-refractivity contribution in [3.8, 4) is 0 Å². The number of thioether (sulfide) groups is 1. The van der Waals surface area contributed by atoms with Crippen molar-refractivity contribution in [3.63, 3.8) is 0 Å². The molecule has 0 spiro atoms. The number of hydrogen-bond donors (Lipinski definition) is 2. The van der Waals surface area contributed by atoms with E-state index in [9.17, 15) is 19.5 Å². The number of carboxylic acids is 1. The molecule has 2 aliphatic heterocycles. The third-order valence-electron chi connectivity index (χ3n) is 3.11. The molecule has 19 heavy (non-hydrogen) atoms. The van der Waals surface area contributed by atoms with Crippen LogP contribution >= 0.6 is 27.7 Å². The van der Waals surface area contributed by atoms with E-state index < -0.39 is 22.8 Å². The van der Waals surface area contributed by atoms with Gasteiger partial charge in [-0.2, -0.15) is 0 Å². The summed E-state index contributed by atoms with van der Waals surface area (Å²) in [5.41, 5.74) is 0. The fourth-order valence-corrected chi connectivity index (χ4v) is 4.14. The predicted octanol–water partition coefficient (Wildman–Crippen LogP) is -2.87. The van der Waals surface area contributed by atoms with Gasteiger partial charge < -0.3 is 16.7 Å². The largest absolute Gasteiger partial charge is 1.00 e. The maximum Gasteiger partial charge on any atom is 1.00 e. The van der Waals surface area contributed by atoms with Gasteiger partial charge in [-0.15, -0.1) is 11.8 Å². The van der Waals surface area contributed by atoms with Gasteiger partial charge in [0, 0.05) is 4.75 Å². The predicted molar refractivity (Wildman–Crippen MR) is 70.6 cm³/mol. The van der Waals surface area contributed by atoms with E-state index in [2.05, 4.69) is 21.2 Å². The van der Waals surface area contributed by atoms with Crippen molar-refractivity contribution >= 4 is 45.5 Å². The topological polar surface area (TPSA) is 86.7 Å². The molecule has 0 radical (unpaired) electrons. The fourth-order valence-electron chi connectivity index (χ4n) is 2.36. The van der Waals surface area contributed by atoms with Crippen LogP contribution in [-0.4, -0.2) is 55.3 Å². The van der Waals surface area contributed by atoms with Gasteiger partial charge in [0.2, 0.25) is 11.8 Å². The first-order chi connectivity index (χ1) is 8.29. The Hall–Kier alpha value is 0.240. The average Bonchev–Trinajstić information content (AvgIpc) is 2.54. The third-order valence-corrected chi connectivity index (χ3v) is 5.19. The standard InChI is InChI=1S/C10H13BrN2O4S.Na.H/c1-10(2)6(9(16)17)13-7(15)5(8(13)18-10)12-4(14)3-11;;/h5-6,8H,3H2,1-2H3,(H,12,14)(H,16,17);;/q;+1;-1/t5?,6-,8+;;/m0../s1. The Balaban J connectivity index is 0.00000180. The molecule has 2 heterocycles. The number of carbonyl (C=O) groups is 3. The van der Waals surface area contributed by atoms with Crippen LogP contribution < -0.4 is 34.9 Å². The number of hydrogen-bond acceptors (Lipinski definition) is 4. The first-order valence-electron chi connectivity index (χ1n) is 5.37. The second-order valence-electron chi connectivity index (χ2n) is 4.78. The van der Waals surface area contributed by atoms with Crippen molar-refractivity contribution < 1.29 is 50.5 Å². The zero-order valence-corrected chi connectivity index (χ0v) is 15.2. The molecule has 9 heteroatoms. The average molecular weight is 361 g/mol. The van der Waals surface area contributed by atoms with Gasteiger partial charge in [-0.1, -0.05) is 15.9 Å². The summed E-state index contributed by atoms with van der Waals surface area (Å²) in [5, 5.41) is 11.6. The molecule has 102 valence electrons. The molecule has 2 saturated heterocycles. The number of carboxylic acid groups (broad SMARTS) is 1. The molecular formula is C10H14BrN2NaO4S. The van der Waals surface area contributed by atoms with Gasteiger partial charge in [-0.3, -0.25) is 9.59 Å². The van der Waals surface area contributed by atoms with Gasteiger partial charge in [0.1, 0.15) is 17.5 Å². The van der Waals surface area contributed by atoms with Gasteiger partial charge in [0.25, 0.3) is 0 Å². The number of halogens is 1. The van der Waals surface area contributed by atoms with Gasteiger partial charge in [-0.05, 0) is 13.8 Å². The molecule has 0 aliphatic carbocycles. The monoisotopic (exact) mass is 360 g/mol. The van der Waals surface area contributed by atoms with E-state index in [4.69, 9.17) is 0 Å². The summed E-state index contributed by atoms with van der Waals surface area (Å²) < 4.78 is -0.556. The quantitative estimate of drug-likeness (QED) is 0.321. The zero-order chi connectivity index (χ0) is 13.7. The van der Waals surface area contributed by atoms with Gasteiger partial charge in [-0.25, -0.2) is 4.79 Å². The van der Waals surface area contributed by atoms with E-state index in [0.717, 1.165) is 0 Å². The van der Waals surface area contributed by atoms with Crippen LogP contribution in [-0.2, 0) is 14.4 Å². The summed E-state index contributed by atoms with van der Waals surface area (Å²) in [7, 11) is 0. The Morgan fingerprint density at radius 1 is 1.58 bits per heavy atom. The summed E-state index contributed by atoms with van der Waals surface area (Å²) in [4.78, 5) is 35.8. The van der Waals surface area contributed by atoms with Crippen LogP contribution in [0.15, 0.2) is 0 Å². The number of amides is 2. The number of fused-ring (bicyclic) bond motifs is 1. The van der Waals surface area contributed by atoms with Crippen molar-refractivity contribution in [2.75, 3.05) is 5.33 Å². The summed E-state index contributed by atoms with van der Waals surface area (Å²) >= 11 is 4.42. The van der Waals surface area contributed by atoms with Gasteiger partial charge in [0.05, 0.1) is 5.33 Å². The Bertz CT molecular complexity index is 439. The summed E-state index contributed by atoms with van der Waals surface area (Å²) in [6.07, 6.45) is 0. The van der Waals surface area contributed by atoms with E-state index in [0.29, 0.717) is 0 Å². The van der Waals surface area contributed by atoms with Crippen LogP contribution in [0.3, 0.4) is 0 Å². The molecule has 0 aromatic carbocycles. The molecule has 6 nitrogen and oxygen atoms in total. The zero-order valence-electron chi connectivity index (χ0n) is 11.8. The van der Waals surface area contributed by atoms with Crippen LogP contribution in [0.25, 0.3) is 0 Å². The first kappa shape index (κ1) is 17.3. The first-order valence-corrected chi connectivity index (χ1v) is 7.38. The van der Waals surface area contributed by atoms with E-state index >= 15 is 0 Å². The Morgan fingerprint density at radius 3 is 2.63 bits per heavy atom. The molecule has 0 aromatic heterocycles. The maximum absolute atomic E-state index is 11.9. The molecule has 2 amide bonds. The van der Waals surface area contributed by atoms with Gasteiger partial charge in [0.15, 0.2) is 0 Å². The second-order valence-corrected chi connectivity index (χ2v) is 7.11. The minimum atomic E-state index is -1.01. The number of aliphatic carboxylic acids is 1. The summed E-state index contributed by atoms with van der Waals surface area (Å²) in [5.74, 6) is -1.60. The fraction of sp³-hybridized carbons (Fsp3) is 0.700. The van der Waals surface area contributed by atoms with Crippen LogP contribution in [0.1, 0.15) is 15.3 Å². The van der Waals surface area contributed by atoms with E-state index in [1.807, 2.05) is 0 Å². The molecular weight excluding hydrogens is 347 g/mol. The molecule has 0 saturated carbocycles. The smallest absolute Gasteiger partial charge is 1.00 e. The van der Waals surface area contributed by atoms with Crippen LogP contribution in [0.4, 0.5) is 0 Å². The molecule has 0 bridgehead atoms. The minimum absolute atomic E-state index is 0. The van der Waals surface area contributed by atoms with Crippen LogP contribution in [0, 0.1) is 0 Å². The van der Waals surface area contributed by atoms with Crippen molar-refractivity contribution in [2.45, 2.75) is 36.1 Å². The normalized spacial score (nSPS) is 31.0. The molecule has 1 unspecified atom stereocenters. The number of alkyl halides is 1. The SMILES string of the molecule is CC1(C)S[C@@H]2C(NC(=O)CBr)C(=O)N2[C@H]1C(=O)O.[H-].[Na+]. The van der Waals surface area contributed by atoms with Crippen molar-refractivity contribution in [1.82, 2.24) is 10.2 Å². The van der Waals surface area contributed by atoms with E-state index in [1.165, 1.54) is 16.7 Å². The molecule has 2 rings (SSSR count). The number of nitrogens with one attached hydrogen (secondary N) is 1. The Labute approximate surface area is 146 Å².